The minimum Gasteiger partial charge on any atom is -0.353 e. The van der Waals surface area contributed by atoms with E-state index in [1.807, 2.05) is 24.3 Å². The van der Waals surface area contributed by atoms with Crippen molar-refractivity contribution in [2.75, 3.05) is 59.9 Å². The maximum atomic E-state index is 13.1. The van der Waals surface area contributed by atoms with E-state index >= 15 is 0 Å². The number of aromatic nitrogens is 5. The van der Waals surface area contributed by atoms with Crippen molar-refractivity contribution in [3.63, 3.8) is 0 Å². The van der Waals surface area contributed by atoms with Crippen LogP contribution in [0.2, 0.25) is 0 Å². The molecule has 2 N–H and O–H groups in total. The number of nitrogens with zero attached hydrogens (tertiary/aromatic N) is 7. The second-order valence-electron chi connectivity index (χ2n) is 9.01. The summed E-state index contributed by atoms with van der Waals surface area (Å²) in [7, 11) is -2.30. The molecule has 2 aromatic heterocycles. The van der Waals surface area contributed by atoms with Crippen LogP contribution < -0.4 is 25.7 Å². The summed E-state index contributed by atoms with van der Waals surface area (Å²) in [5.74, 6) is 1.41. The molecule has 1 saturated heterocycles. The summed E-state index contributed by atoms with van der Waals surface area (Å²) < 4.78 is 25.3. The molecule has 10 nitrogen and oxygen atoms in total. The Morgan fingerprint density at radius 1 is 0.730 bits per heavy atom. The molecule has 2 aromatic carbocycles. The van der Waals surface area contributed by atoms with Gasteiger partial charge in [0, 0.05) is 42.9 Å². The van der Waals surface area contributed by atoms with Crippen molar-refractivity contribution < 1.29 is 8.96 Å². The first-order chi connectivity index (χ1) is 17.8. The fourth-order valence-corrected chi connectivity index (χ4v) is 4.76. The number of rotatable bonds is 7. The first kappa shape index (κ1) is 24.6. The zero-order valence-corrected chi connectivity index (χ0v) is 21.4. The summed E-state index contributed by atoms with van der Waals surface area (Å²) in [6.07, 6.45) is 4.93. The number of hydrogen-bond acceptors (Lipinski definition) is 10. The lowest BCUT2D eigenvalue weighted by Crippen LogP contribution is -2.47. The van der Waals surface area contributed by atoms with Gasteiger partial charge in [-0.2, -0.15) is 4.98 Å². The minimum atomic E-state index is -2.30. The van der Waals surface area contributed by atoms with Gasteiger partial charge in [-0.25, -0.2) is 24.3 Å². The fraction of sp³-hybridized carbons (Fsp3) is 0.240. The summed E-state index contributed by atoms with van der Waals surface area (Å²) >= 11 is 0. The molecule has 1 aliphatic heterocycles. The molecule has 0 radical (unpaired) electrons. The SMILES string of the molecule is CP(C)(=O)c1ccc(Nc2ncnc(N3CCN(c4ncc(Nc5ccc(F)cc5)cn4)CC3)n2)cc1. The van der Waals surface area contributed by atoms with E-state index in [1.165, 1.54) is 18.5 Å². The van der Waals surface area contributed by atoms with E-state index in [1.54, 1.807) is 37.9 Å². The van der Waals surface area contributed by atoms with Crippen LogP contribution >= 0.6 is 7.14 Å². The van der Waals surface area contributed by atoms with E-state index in [0.717, 1.165) is 35.5 Å². The number of piperazine rings is 1. The predicted molar refractivity (Wildman–Crippen MR) is 145 cm³/mol. The standard InChI is InChI=1S/C25H27FN9OP/c1-37(2,36)22-9-7-20(8-10-22)32-23-29-17-30-25(33-23)35-13-11-34(12-14-35)24-27-15-21(16-28-24)31-19-5-3-18(26)4-6-19/h3-10,15-17,31H,11-14H2,1-2H3,(H,29,30,32,33). The van der Waals surface area contributed by atoms with E-state index in [-0.39, 0.29) is 5.82 Å². The van der Waals surface area contributed by atoms with Gasteiger partial charge in [0.1, 0.15) is 19.3 Å². The van der Waals surface area contributed by atoms with Gasteiger partial charge in [0.25, 0.3) is 0 Å². The lowest BCUT2D eigenvalue weighted by atomic mass is 10.3. The molecule has 0 saturated carbocycles. The van der Waals surface area contributed by atoms with E-state index in [0.29, 0.717) is 30.9 Å². The maximum absolute atomic E-state index is 13.1. The third kappa shape index (κ3) is 6.18. The molecule has 0 bridgehead atoms. The van der Waals surface area contributed by atoms with Crippen LogP contribution in [0.1, 0.15) is 0 Å². The summed E-state index contributed by atoms with van der Waals surface area (Å²) in [4.78, 5) is 26.3. The third-order valence-corrected chi connectivity index (χ3v) is 7.46. The van der Waals surface area contributed by atoms with Crippen LogP contribution in [0.25, 0.3) is 0 Å². The third-order valence-electron chi connectivity index (χ3n) is 5.92. The van der Waals surface area contributed by atoms with E-state index < -0.39 is 7.14 Å². The summed E-state index contributed by atoms with van der Waals surface area (Å²) in [6, 6.07) is 13.6. The van der Waals surface area contributed by atoms with Gasteiger partial charge in [-0.15, -0.1) is 0 Å². The topological polar surface area (TPSA) is 112 Å². The molecule has 0 unspecified atom stereocenters. The summed E-state index contributed by atoms with van der Waals surface area (Å²) in [5, 5.41) is 7.18. The van der Waals surface area contributed by atoms with Gasteiger partial charge < -0.3 is 25.0 Å². The highest BCUT2D eigenvalue weighted by Gasteiger charge is 2.21. The number of nitrogens with one attached hydrogen (secondary N) is 2. The van der Waals surface area contributed by atoms with Crippen molar-refractivity contribution in [2.24, 2.45) is 0 Å². The average molecular weight is 520 g/mol. The van der Waals surface area contributed by atoms with Gasteiger partial charge in [-0.05, 0) is 61.9 Å². The van der Waals surface area contributed by atoms with Crippen molar-refractivity contribution in [1.82, 2.24) is 24.9 Å². The van der Waals surface area contributed by atoms with Crippen LogP contribution in [0.15, 0.2) is 67.3 Å². The van der Waals surface area contributed by atoms with Crippen molar-refractivity contribution >= 4 is 47.4 Å². The van der Waals surface area contributed by atoms with Crippen molar-refractivity contribution in [1.29, 1.82) is 0 Å². The predicted octanol–water partition coefficient (Wildman–Crippen LogP) is 3.86. The van der Waals surface area contributed by atoms with Gasteiger partial charge >= 0.3 is 0 Å². The van der Waals surface area contributed by atoms with Gasteiger partial charge in [0.05, 0.1) is 18.1 Å². The van der Waals surface area contributed by atoms with E-state index in [4.69, 9.17) is 0 Å². The molecular weight excluding hydrogens is 492 g/mol. The largest absolute Gasteiger partial charge is 0.353 e. The van der Waals surface area contributed by atoms with Crippen LogP contribution in [-0.2, 0) is 4.57 Å². The first-order valence-electron chi connectivity index (χ1n) is 11.8. The van der Waals surface area contributed by atoms with Crippen molar-refractivity contribution in [3.8, 4) is 0 Å². The lowest BCUT2D eigenvalue weighted by Gasteiger charge is -2.34. The number of halogens is 1. The molecule has 0 amide bonds. The first-order valence-corrected chi connectivity index (χ1v) is 14.4. The van der Waals surface area contributed by atoms with Gasteiger partial charge in [-0.1, -0.05) is 0 Å². The zero-order valence-electron chi connectivity index (χ0n) is 20.5. The monoisotopic (exact) mass is 519 g/mol. The molecule has 12 heteroatoms. The average Bonchev–Trinajstić information content (AvgIpc) is 2.91. The highest BCUT2D eigenvalue weighted by atomic mass is 31.2. The number of hydrogen-bond donors (Lipinski definition) is 2. The zero-order chi connectivity index (χ0) is 25.8. The molecule has 5 rings (SSSR count). The van der Waals surface area contributed by atoms with Crippen molar-refractivity contribution in [3.05, 3.63) is 73.1 Å². The number of benzene rings is 2. The highest BCUT2D eigenvalue weighted by Crippen LogP contribution is 2.34. The number of anilines is 6. The van der Waals surface area contributed by atoms with Crippen LogP contribution in [0.3, 0.4) is 0 Å². The van der Waals surface area contributed by atoms with Gasteiger partial charge in [-0.3, -0.25) is 0 Å². The Kier molecular flexibility index (Phi) is 6.96. The lowest BCUT2D eigenvalue weighted by molar-refractivity contribution is 0.588. The van der Waals surface area contributed by atoms with E-state index in [2.05, 4.69) is 45.4 Å². The Morgan fingerprint density at radius 3 is 1.92 bits per heavy atom. The Hall–Kier alpha value is -4.11. The van der Waals surface area contributed by atoms with E-state index in [9.17, 15) is 8.96 Å². The molecule has 3 heterocycles. The Balaban J connectivity index is 1.17. The quantitative estimate of drug-likeness (QED) is 0.349. The summed E-state index contributed by atoms with van der Waals surface area (Å²) in [5.41, 5.74) is 2.31. The smallest absolute Gasteiger partial charge is 0.231 e. The highest BCUT2D eigenvalue weighted by molar-refractivity contribution is 7.70. The molecule has 4 aromatic rings. The molecule has 0 spiro atoms. The minimum absolute atomic E-state index is 0.280. The molecule has 1 fully saturated rings. The molecular formula is C25H27FN9OP. The van der Waals surface area contributed by atoms with Crippen LogP contribution in [-0.4, -0.2) is 64.4 Å². The molecule has 0 aliphatic carbocycles. The van der Waals surface area contributed by atoms with Gasteiger partial charge in [0.2, 0.25) is 17.8 Å². The van der Waals surface area contributed by atoms with Crippen LogP contribution in [0.5, 0.6) is 0 Å². The Labute approximate surface area is 214 Å². The fourth-order valence-electron chi connectivity index (χ4n) is 3.89. The molecule has 1 aliphatic rings. The van der Waals surface area contributed by atoms with Gasteiger partial charge in [0.15, 0.2) is 0 Å². The Bertz CT molecular complexity index is 1390. The van der Waals surface area contributed by atoms with Crippen LogP contribution in [0.4, 0.5) is 39.3 Å². The second kappa shape index (κ2) is 10.5. The summed E-state index contributed by atoms with van der Waals surface area (Å²) in [6.45, 7) is 6.35. The molecule has 0 atom stereocenters. The van der Waals surface area contributed by atoms with Crippen LogP contribution in [0, 0.1) is 5.82 Å². The Morgan fingerprint density at radius 2 is 1.30 bits per heavy atom. The normalized spacial score (nSPS) is 13.9. The van der Waals surface area contributed by atoms with Crippen molar-refractivity contribution in [2.45, 2.75) is 0 Å². The second-order valence-corrected chi connectivity index (χ2v) is 12.2. The maximum Gasteiger partial charge on any atom is 0.231 e. The molecule has 190 valence electrons. The molecule has 37 heavy (non-hydrogen) atoms.